The molecule has 0 aromatic carbocycles. The van der Waals surface area contributed by atoms with Crippen molar-refractivity contribution in [2.24, 2.45) is 0 Å². The Morgan fingerprint density at radius 3 is 2.96 bits per heavy atom. The highest BCUT2D eigenvalue weighted by molar-refractivity contribution is 5.71. The molecular formula is C14H16FN5O4. The van der Waals surface area contributed by atoms with E-state index in [1.54, 1.807) is 0 Å². The van der Waals surface area contributed by atoms with Gasteiger partial charge in [-0.05, 0) is 12.8 Å². The van der Waals surface area contributed by atoms with Gasteiger partial charge in [-0.2, -0.15) is 4.98 Å². The SMILES string of the molecule is C#CCn1c(=O)n(C2CCC(C(O)CF)O2)c2nc(N)[nH]c(=O)c21. The summed E-state index contributed by atoms with van der Waals surface area (Å²) in [5.74, 6) is 2.15. The second-order valence-electron chi connectivity index (χ2n) is 5.49. The number of terminal acetylenes is 1. The molecule has 3 rings (SSSR count). The fourth-order valence-electron chi connectivity index (χ4n) is 2.91. The van der Waals surface area contributed by atoms with Gasteiger partial charge in [0.1, 0.15) is 19.0 Å². The summed E-state index contributed by atoms with van der Waals surface area (Å²) in [7, 11) is 0. The lowest BCUT2D eigenvalue weighted by Crippen LogP contribution is -2.31. The number of H-pyrrole nitrogens is 1. The van der Waals surface area contributed by atoms with Crippen LogP contribution in [0.2, 0.25) is 0 Å². The molecule has 0 saturated carbocycles. The van der Waals surface area contributed by atoms with Gasteiger partial charge in [0.2, 0.25) is 5.95 Å². The molecule has 9 nitrogen and oxygen atoms in total. The number of rotatable bonds is 4. The third-order valence-corrected chi connectivity index (χ3v) is 3.98. The van der Waals surface area contributed by atoms with Gasteiger partial charge in [-0.15, -0.1) is 6.42 Å². The summed E-state index contributed by atoms with van der Waals surface area (Å²) >= 11 is 0. The van der Waals surface area contributed by atoms with Crippen molar-refractivity contribution in [1.82, 2.24) is 19.1 Å². The average Bonchev–Trinajstić information content (AvgIpc) is 3.11. The number of imidazole rings is 1. The van der Waals surface area contributed by atoms with E-state index in [-0.39, 0.29) is 23.7 Å². The lowest BCUT2D eigenvalue weighted by Gasteiger charge is -2.17. The zero-order valence-corrected chi connectivity index (χ0v) is 12.6. The second kappa shape index (κ2) is 6.10. The molecule has 3 heterocycles. The van der Waals surface area contributed by atoms with Gasteiger partial charge in [-0.3, -0.25) is 14.3 Å². The van der Waals surface area contributed by atoms with Crippen molar-refractivity contribution in [1.29, 1.82) is 0 Å². The van der Waals surface area contributed by atoms with E-state index in [4.69, 9.17) is 16.9 Å². The van der Waals surface area contributed by atoms with Gasteiger partial charge >= 0.3 is 5.69 Å². The van der Waals surface area contributed by atoms with Crippen LogP contribution in [-0.4, -0.2) is 43.1 Å². The van der Waals surface area contributed by atoms with Gasteiger partial charge < -0.3 is 15.6 Å². The monoisotopic (exact) mass is 337 g/mol. The molecule has 1 saturated heterocycles. The molecule has 0 aliphatic carbocycles. The molecule has 3 atom stereocenters. The average molecular weight is 337 g/mol. The Morgan fingerprint density at radius 2 is 2.29 bits per heavy atom. The standard InChI is InChI=1S/C14H16FN5O4/c1-2-5-19-10-11(17-13(16)18-12(10)22)20(14(19)23)9-4-3-8(24-9)7(21)6-15/h1,7-9,21H,3-6H2,(H3,16,17,18,22). The van der Waals surface area contributed by atoms with Crippen LogP contribution in [0.4, 0.5) is 10.3 Å². The van der Waals surface area contributed by atoms with Crippen molar-refractivity contribution in [3.8, 4) is 12.3 Å². The summed E-state index contributed by atoms with van der Waals surface area (Å²) in [6.07, 6.45) is 3.17. The third kappa shape index (κ3) is 2.47. The number of nitrogens with one attached hydrogen (secondary N) is 1. The number of aromatic nitrogens is 4. The minimum atomic E-state index is -1.27. The molecule has 128 valence electrons. The number of aromatic amines is 1. The van der Waals surface area contributed by atoms with E-state index < -0.39 is 36.4 Å². The number of nitrogens with zero attached hydrogens (tertiary/aromatic N) is 3. The van der Waals surface area contributed by atoms with Crippen LogP contribution in [0.1, 0.15) is 19.1 Å². The molecule has 0 amide bonds. The van der Waals surface area contributed by atoms with Gasteiger partial charge in [-0.1, -0.05) is 5.92 Å². The van der Waals surface area contributed by atoms with Crippen molar-refractivity contribution in [3.05, 3.63) is 20.8 Å². The smallest absolute Gasteiger partial charge is 0.333 e. The number of alkyl halides is 1. The number of aliphatic hydroxyl groups is 1. The van der Waals surface area contributed by atoms with Gasteiger partial charge in [0.05, 0.1) is 12.6 Å². The van der Waals surface area contributed by atoms with Crippen molar-refractivity contribution in [2.45, 2.75) is 37.8 Å². The number of aliphatic hydroxyl groups excluding tert-OH is 1. The van der Waals surface area contributed by atoms with Crippen LogP contribution in [-0.2, 0) is 11.3 Å². The van der Waals surface area contributed by atoms with Gasteiger partial charge in [-0.25, -0.2) is 13.8 Å². The van der Waals surface area contributed by atoms with E-state index in [9.17, 15) is 19.1 Å². The highest BCUT2D eigenvalue weighted by atomic mass is 19.1. The summed E-state index contributed by atoms with van der Waals surface area (Å²) in [5.41, 5.74) is 4.42. The van der Waals surface area contributed by atoms with E-state index in [0.29, 0.717) is 12.8 Å². The van der Waals surface area contributed by atoms with Crippen molar-refractivity contribution < 1.29 is 14.2 Å². The molecule has 3 unspecified atom stereocenters. The Hall–Kier alpha value is -2.64. The Kier molecular flexibility index (Phi) is 4.13. The second-order valence-corrected chi connectivity index (χ2v) is 5.49. The van der Waals surface area contributed by atoms with Gasteiger partial charge in [0, 0.05) is 0 Å². The van der Waals surface area contributed by atoms with E-state index in [2.05, 4.69) is 15.9 Å². The number of hydrogen-bond acceptors (Lipinski definition) is 6. The quantitative estimate of drug-likeness (QED) is 0.621. The first-order valence-corrected chi connectivity index (χ1v) is 7.31. The number of ether oxygens (including phenoxy) is 1. The number of anilines is 1. The maximum absolute atomic E-state index is 12.7. The number of nitrogen functional groups attached to an aromatic ring is 1. The Labute approximate surface area is 134 Å². The fourth-order valence-corrected chi connectivity index (χ4v) is 2.91. The summed E-state index contributed by atoms with van der Waals surface area (Å²) in [6.45, 7) is -1.07. The number of halogens is 1. The summed E-state index contributed by atoms with van der Waals surface area (Å²) in [6, 6.07) is 0. The highest BCUT2D eigenvalue weighted by Gasteiger charge is 2.34. The van der Waals surface area contributed by atoms with E-state index in [1.807, 2.05) is 0 Å². The van der Waals surface area contributed by atoms with Crippen LogP contribution in [0.25, 0.3) is 11.2 Å². The molecule has 10 heteroatoms. The molecule has 1 aliphatic rings. The summed E-state index contributed by atoms with van der Waals surface area (Å²) in [5, 5.41) is 9.57. The third-order valence-electron chi connectivity index (χ3n) is 3.98. The largest absolute Gasteiger partial charge is 0.388 e. The van der Waals surface area contributed by atoms with Crippen molar-refractivity contribution >= 4 is 17.1 Å². The fraction of sp³-hybridized carbons (Fsp3) is 0.500. The number of hydrogen-bond donors (Lipinski definition) is 3. The number of nitrogens with two attached hydrogens (primary N) is 1. The normalized spacial score (nSPS) is 21.9. The first-order chi connectivity index (χ1) is 11.5. The zero-order chi connectivity index (χ0) is 17.4. The highest BCUT2D eigenvalue weighted by Crippen LogP contribution is 2.30. The predicted molar refractivity (Wildman–Crippen MR) is 83.0 cm³/mol. The molecule has 0 spiro atoms. The maximum atomic E-state index is 12.7. The minimum absolute atomic E-state index is 0.00904. The van der Waals surface area contributed by atoms with Gasteiger partial charge in [0.25, 0.3) is 5.56 Å². The van der Waals surface area contributed by atoms with Crippen LogP contribution in [0.3, 0.4) is 0 Å². The molecule has 4 N–H and O–H groups in total. The first-order valence-electron chi connectivity index (χ1n) is 7.31. The minimum Gasteiger partial charge on any atom is -0.388 e. The Morgan fingerprint density at radius 1 is 1.54 bits per heavy atom. The molecule has 1 fully saturated rings. The van der Waals surface area contributed by atoms with Crippen LogP contribution >= 0.6 is 0 Å². The number of fused-ring (bicyclic) bond motifs is 1. The van der Waals surface area contributed by atoms with Crippen molar-refractivity contribution in [2.75, 3.05) is 12.4 Å². The van der Waals surface area contributed by atoms with E-state index >= 15 is 0 Å². The predicted octanol–water partition coefficient (Wildman–Crippen LogP) is -0.890. The summed E-state index contributed by atoms with van der Waals surface area (Å²) in [4.78, 5) is 31.1. The molecule has 0 radical (unpaired) electrons. The van der Waals surface area contributed by atoms with E-state index in [0.717, 1.165) is 4.57 Å². The topological polar surface area (TPSA) is 128 Å². The Balaban J connectivity index is 2.15. The van der Waals surface area contributed by atoms with Gasteiger partial charge in [0.15, 0.2) is 11.2 Å². The molecule has 0 bridgehead atoms. The van der Waals surface area contributed by atoms with Crippen molar-refractivity contribution in [3.63, 3.8) is 0 Å². The first kappa shape index (κ1) is 16.2. The maximum Gasteiger partial charge on any atom is 0.333 e. The Bertz CT molecular complexity index is 924. The van der Waals surface area contributed by atoms with Crippen LogP contribution in [0.15, 0.2) is 9.59 Å². The molecule has 24 heavy (non-hydrogen) atoms. The zero-order valence-electron chi connectivity index (χ0n) is 12.6. The lowest BCUT2D eigenvalue weighted by molar-refractivity contribution is -0.0649. The molecule has 2 aromatic heterocycles. The van der Waals surface area contributed by atoms with Crippen LogP contribution < -0.4 is 17.0 Å². The molecular weight excluding hydrogens is 321 g/mol. The van der Waals surface area contributed by atoms with Crippen LogP contribution in [0, 0.1) is 12.3 Å². The molecule has 1 aliphatic heterocycles. The molecule has 2 aromatic rings. The van der Waals surface area contributed by atoms with E-state index in [1.165, 1.54) is 4.57 Å². The summed E-state index contributed by atoms with van der Waals surface area (Å²) < 4.78 is 20.5. The lowest BCUT2D eigenvalue weighted by atomic mass is 10.1. The van der Waals surface area contributed by atoms with Crippen LogP contribution in [0.5, 0.6) is 0 Å².